The van der Waals surface area contributed by atoms with Gasteiger partial charge in [-0.15, -0.1) is 0 Å². The average molecular weight is 175 g/mol. The maximum atomic E-state index is 5.50. The van der Waals surface area contributed by atoms with Crippen molar-refractivity contribution in [1.82, 2.24) is 9.78 Å². The molecule has 0 aliphatic rings. The van der Waals surface area contributed by atoms with Crippen LogP contribution in [0.15, 0.2) is 24.3 Å². The van der Waals surface area contributed by atoms with Crippen molar-refractivity contribution >= 4 is 10.9 Å². The first-order valence-corrected chi connectivity index (χ1v) is 4.45. The molecule has 0 aliphatic carbocycles. The number of nitrogens with zero attached hydrogens (tertiary/aromatic N) is 2. The molecule has 0 atom stereocenters. The van der Waals surface area contributed by atoms with E-state index in [1.54, 1.807) is 0 Å². The van der Waals surface area contributed by atoms with Crippen molar-refractivity contribution in [3.05, 3.63) is 30.0 Å². The van der Waals surface area contributed by atoms with Crippen LogP contribution in [-0.4, -0.2) is 16.3 Å². The second-order valence-corrected chi connectivity index (χ2v) is 3.11. The van der Waals surface area contributed by atoms with Crippen molar-refractivity contribution in [2.75, 3.05) is 6.54 Å². The highest BCUT2D eigenvalue weighted by Gasteiger charge is 2.04. The molecule has 0 spiro atoms. The number of para-hydroxylation sites is 1. The van der Waals surface area contributed by atoms with Crippen LogP contribution in [0.2, 0.25) is 0 Å². The van der Waals surface area contributed by atoms with Crippen LogP contribution >= 0.6 is 0 Å². The van der Waals surface area contributed by atoms with Crippen molar-refractivity contribution in [1.29, 1.82) is 0 Å². The predicted octanol–water partition coefficient (Wildman–Crippen LogP) is 1.30. The Bertz CT molecular complexity index is 417. The number of nitrogens with two attached hydrogens (primary N) is 1. The Morgan fingerprint density at radius 3 is 2.92 bits per heavy atom. The van der Waals surface area contributed by atoms with Crippen LogP contribution in [0.5, 0.6) is 0 Å². The largest absolute Gasteiger partial charge is 0.329 e. The van der Waals surface area contributed by atoms with E-state index in [1.807, 2.05) is 23.7 Å². The Morgan fingerprint density at radius 1 is 1.38 bits per heavy atom. The van der Waals surface area contributed by atoms with Gasteiger partial charge in [0, 0.05) is 11.9 Å². The van der Waals surface area contributed by atoms with E-state index in [1.165, 1.54) is 10.9 Å². The topological polar surface area (TPSA) is 43.8 Å². The third-order valence-corrected chi connectivity index (χ3v) is 2.18. The lowest BCUT2D eigenvalue weighted by Crippen LogP contribution is -2.10. The molecule has 1 heterocycles. The van der Waals surface area contributed by atoms with Crippen molar-refractivity contribution in [2.24, 2.45) is 5.73 Å². The van der Waals surface area contributed by atoms with E-state index in [9.17, 15) is 0 Å². The molecule has 2 aromatic rings. The standard InChI is InChI=1S/C10H13N3/c1-8-9-4-2-3-5-10(9)13(12-8)7-6-11/h2-5H,6-7,11H2,1H3. The fraction of sp³-hybridized carbons (Fsp3) is 0.300. The summed E-state index contributed by atoms with van der Waals surface area (Å²) >= 11 is 0. The van der Waals surface area contributed by atoms with Crippen molar-refractivity contribution in [2.45, 2.75) is 13.5 Å². The second kappa shape index (κ2) is 3.18. The van der Waals surface area contributed by atoms with Crippen LogP contribution in [0.3, 0.4) is 0 Å². The predicted molar refractivity (Wildman–Crippen MR) is 53.5 cm³/mol. The minimum atomic E-state index is 0.630. The smallest absolute Gasteiger partial charge is 0.0685 e. The van der Waals surface area contributed by atoms with Crippen LogP contribution < -0.4 is 5.73 Å². The lowest BCUT2D eigenvalue weighted by Gasteiger charge is -1.98. The van der Waals surface area contributed by atoms with E-state index in [-0.39, 0.29) is 0 Å². The number of aryl methyl sites for hydroxylation is 1. The van der Waals surface area contributed by atoms with Gasteiger partial charge in [-0.2, -0.15) is 5.10 Å². The third kappa shape index (κ3) is 1.31. The number of hydrogen-bond donors (Lipinski definition) is 1. The fourth-order valence-electron chi connectivity index (χ4n) is 1.59. The van der Waals surface area contributed by atoms with Gasteiger partial charge in [0.15, 0.2) is 0 Å². The molecule has 3 heteroatoms. The number of hydrogen-bond acceptors (Lipinski definition) is 2. The van der Waals surface area contributed by atoms with E-state index >= 15 is 0 Å². The average Bonchev–Trinajstić information content (AvgIpc) is 2.46. The molecule has 0 saturated carbocycles. The van der Waals surface area contributed by atoms with E-state index < -0.39 is 0 Å². The number of fused-ring (bicyclic) bond motifs is 1. The molecular formula is C10H13N3. The van der Waals surface area contributed by atoms with Crippen molar-refractivity contribution < 1.29 is 0 Å². The lowest BCUT2D eigenvalue weighted by molar-refractivity contribution is 0.640. The summed E-state index contributed by atoms with van der Waals surface area (Å²) in [5.74, 6) is 0. The highest BCUT2D eigenvalue weighted by atomic mass is 15.3. The van der Waals surface area contributed by atoms with Gasteiger partial charge in [0.05, 0.1) is 17.8 Å². The molecule has 0 saturated heterocycles. The van der Waals surface area contributed by atoms with E-state index in [2.05, 4.69) is 17.2 Å². The summed E-state index contributed by atoms with van der Waals surface area (Å²) in [6.07, 6.45) is 0. The van der Waals surface area contributed by atoms with Crippen LogP contribution in [0.1, 0.15) is 5.69 Å². The SMILES string of the molecule is Cc1nn(CCN)c2ccccc12. The van der Waals surface area contributed by atoms with Gasteiger partial charge in [-0.25, -0.2) is 0 Å². The molecule has 0 radical (unpaired) electrons. The Balaban J connectivity index is 2.63. The number of benzene rings is 1. The van der Waals surface area contributed by atoms with Gasteiger partial charge in [-0.1, -0.05) is 18.2 Å². The monoisotopic (exact) mass is 175 g/mol. The highest BCUT2D eigenvalue weighted by molar-refractivity contribution is 5.81. The molecule has 2 N–H and O–H groups in total. The van der Waals surface area contributed by atoms with E-state index in [0.29, 0.717) is 6.54 Å². The summed E-state index contributed by atoms with van der Waals surface area (Å²) in [6, 6.07) is 8.22. The summed E-state index contributed by atoms with van der Waals surface area (Å²) in [7, 11) is 0. The molecule has 13 heavy (non-hydrogen) atoms. The fourth-order valence-corrected chi connectivity index (χ4v) is 1.59. The van der Waals surface area contributed by atoms with Gasteiger partial charge in [-0.05, 0) is 13.0 Å². The molecule has 68 valence electrons. The molecule has 2 rings (SSSR count). The third-order valence-electron chi connectivity index (χ3n) is 2.18. The summed E-state index contributed by atoms with van der Waals surface area (Å²) in [5.41, 5.74) is 7.74. The van der Waals surface area contributed by atoms with Crippen molar-refractivity contribution in [3.63, 3.8) is 0 Å². The first kappa shape index (κ1) is 8.26. The highest BCUT2D eigenvalue weighted by Crippen LogP contribution is 2.16. The van der Waals surface area contributed by atoms with Gasteiger partial charge in [0.2, 0.25) is 0 Å². The molecular weight excluding hydrogens is 162 g/mol. The summed E-state index contributed by atoms with van der Waals surface area (Å²) in [4.78, 5) is 0. The lowest BCUT2D eigenvalue weighted by atomic mass is 10.2. The second-order valence-electron chi connectivity index (χ2n) is 3.11. The van der Waals surface area contributed by atoms with Crippen LogP contribution in [0.4, 0.5) is 0 Å². The minimum Gasteiger partial charge on any atom is -0.329 e. The zero-order valence-corrected chi connectivity index (χ0v) is 7.70. The number of rotatable bonds is 2. The van der Waals surface area contributed by atoms with Gasteiger partial charge in [-0.3, -0.25) is 4.68 Å². The Labute approximate surface area is 77.2 Å². The van der Waals surface area contributed by atoms with Gasteiger partial charge >= 0.3 is 0 Å². The van der Waals surface area contributed by atoms with E-state index in [4.69, 9.17) is 5.73 Å². The summed E-state index contributed by atoms with van der Waals surface area (Å²) in [5, 5.41) is 5.63. The van der Waals surface area contributed by atoms with E-state index in [0.717, 1.165) is 12.2 Å². The van der Waals surface area contributed by atoms with Gasteiger partial charge < -0.3 is 5.73 Å². The normalized spacial score (nSPS) is 10.9. The zero-order valence-electron chi connectivity index (χ0n) is 7.70. The van der Waals surface area contributed by atoms with Gasteiger partial charge in [0.25, 0.3) is 0 Å². The van der Waals surface area contributed by atoms with Gasteiger partial charge in [0.1, 0.15) is 0 Å². The maximum Gasteiger partial charge on any atom is 0.0685 e. The van der Waals surface area contributed by atoms with Crippen LogP contribution in [-0.2, 0) is 6.54 Å². The molecule has 1 aromatic heterocycles. The summed E-state index contributed by atoms with van der Waals surface area (Å²) in [6.45, 7) is 3.44. The summed E-state index contributed by atoms with van der Waals surface area (Å²) < 4.78 is 1.96. The van der Waals surface area contributed by atoms with Crippen LogP contribution in [0, 0.1) is 6.92 Å². The molecule has 0 bridgehead atoms. The first-order valence-electron chi connectivity index (χ1n) is 4.45. The zero-order chi connectivity index (χ0) is 9.26. The molecule has 0 aliphatic heterocycles. The molecule has 1 aromatic carbocycles. The van der Waals surface area contributed by atoms with Crippen molar-refractivity contribution in [3.8, 4) is 0 Å². The Kier molecular flexibility index (Phi) is 2.02. The molecule has 0 amide bonds. The van der Waals surface area contributed by atoms with Crippen LogP contribution in [0.25, 0.3) is 10.9 Å². The molecule has 3 nitrogen and oxygen atoms in total. The first-order chi connectivity index (χ1) is 6.33. The Hall–Kier alpha value is -1.35. The maximum absolute atomic E-state index is 5.50. The molecule has 0 fully saturated rings. The quantitative estimate of drug-likeness (QED) is 0.747. The molecule has 0 unspecified atom stereocenters. The minimum absolute atomic E-state index is 0.630. The Morgan fingerprint density at radius 2 is 2.15 bits per heavy atom. The number of aromatic nitrogens is 2.